The summed E-state index contributed by atoms with van der Waals surface area (Å²) >= 11 is 0. The van der Waals surface area contributed by atoms with Gasteiger partial charge in [0, 0.05) is 18.8 Å². The van der Waals surface area contributed by atoms with E-state index in [9.17, 15) is 0 Å². The molecule has 0 aliphatic rings. The van der Waals surface area contributed by atoms with E-state index in [2.05, 4.69) is 55.5 Å². The molecule has 1 N–H and O–H groups in total. The SMILES string of the molecule is CCn1cc(NC(C)c2ccc(C)cc2)cn1. The highest BCUT2D eigenvalue weighted by Crippen LogP contribution is 2.18. The van der Waals surface area contributed by atoms with Crippen molar-refractivity contribution in [3.8, 4) is 0 Å². The zero-order chi connectivity index (χ0) is 12.3. The van der Waals surface area contributed by atoms with E-state index in [0.29, 0.717) is 6.04 Å². The second-order valence-electron chi connectivity index (χ2n) is 4.36. The van der Waals surface area contributed by atoms with Crippen molar-refractivity contribution in [1.82, 2.24) is 9.78 Å². The van der Waals surface area contributed by atoms with Gasteiger partial charge in [0.05, 0.1) is 11.9 Å². The summed E-state index contributed by atoms with van der Waals surface area (Å²) in [5, 5.41) is 7.70. The molecule has 90 valence electrons. The van der Waals surface area contributed by atoms with Crippen LogP contribution in [-0.4, -0.2) is 9.78 Å². The maximum atomic E-state index is 4.25. The zero-order valence-electron chi connectivity index (χ0n) is 10.6. The number of aryl methyl sites for hydroxylation is 2. The summed E-state index contributed by atoms with van der Waals surface area (Å²) in [4.78, 5) is 0. The van der Waals surface area contributed by atoms with Crippen molar-refractivity contribution < 1.29 is 0 Å². The summed E-state index contributed by atoms with van der Waals surface area (Å²) in [5.74, 6) is 0. The van der Waals surface area contributed by atoms with Crippen LogP contribution in [0.2, 0.25) is 0 Å². The monoisotopic (exact) mass is 229 g/mol. The average molecular weight is 229 g/mol. The van der Waals surface area contributed by atoms with E-state index in [1.54, 1.807) is 0 Å². The fraction of sp³-hybridized carbons (Fsp3) is 0.357. The number of rotatable bonds is 4. The van der Waals surface area contributed by atoms with Crippen LogP contribution in [0.5, 0.6) is 0 Å². The summed E-state index contributed by atoms with van der Waals surface area (Å²) in [6.45, 7) is 7.25. The van der Waals surface area contributed by atoms with Crippen LogP contribution in [0, 0.1) is 6.92 Å². The molecule has 0 aliphatic heterocycles. The molecule has 0 spiro atoms. The van der Waals surface area contributed by atoms with Crippen molar-refractivity contribution in [3.63, 3.8) is 0 Å². The van der Waals surface area contributed by atoms with Crippen molar-refractivity contribution in [3.05, 3.63) is 47.8 Å². The topological polar surface area (TPSA) is 29.9 Å². The molecule has 1 heterocycles. The molecule has 17 heavy (non-hydrogen) atoms. The van der Waals surface area contributed by atoms with Crippen LogP contribution >= 0.6 is 0 Å². The third-order valence-electron chi connectivity index (χ3n) is 2.92. The molecule has 0 radical (unpaired) electrons. The molecule has 0 saturated carbocycles. The van der Waals surface area contributed by atoms with Gasteiger partial charge in [-0.25, -0.2) is 0 Å². The smallest absolute Gasteiger partial charge is 0.0731 e. The number of anilines is 1. The van der Waals surface area contributed by atoms with Gasteiger partial charge < -0.3 is 5.32 Å². The molecule has 3 heteroatoms. The fourth-order valence-corrected chi connectivity index (χ4v) is 1.80. The summed E-state index contributed by atoms with van der Waals surface area (Å²) in [7, 11) is 0. The zero-order valence-corrected chi connectivity index (χ0v) is 10.6. The molecule has 0 aliphatic carbocycles. The molecule has 0 saturated heterocycles. The van der Waals surface area contributed by atoms with Gasteiger partial charge in [0.25, 0.3) is 0 Å². The predicted molar refractivity (Wildman–Crippen MR) is 71.1 cm³/mol. The first-order chi connectivity index (χ1) is 8.19. The molecule has 1 unspecified atom stereocenters. The van der Waals surface area contributed by atoms with E-state index in [-0.39, 0.29) is 0 Å². The Morgan fingerprint density at radius 1 is 1.29 bits per heavy atom. The molecule has 0 fully saturated rings. The number of nitrogens with one attached hydrogen (secondary N) is 1. The Balaban J connectivity index is 2.05. The summed E-state index contributed by atoms with van der Waals surface area (Å²) < 4.78 is 1.92. The molecule has 2 rings (SSSR count). The summed E-state index contributed by atoms with van der Waals surface area (Å²) in [6.07, 6.45) is 3.90. The molecule has 0 amide bonds. The normalized spacial score (nSPS) is 12.4. The van der Waals surface area contributed by atoms with Crippen molar-refractivity contribution in [2.24, 2.45) is 0 Å². The van der Waals surface area contributed by atoms with Crippen LogP contribution in [0.1, 0.15) is 31.0 Å². The Kier molecular flexibility index (Phi) is 3.47. The first-order valence-corrected chi connectivity index (χ1v) is 6.04. The predicted octanol–water partition coefficient (Wildman–Crippen LogP) is 3.38. The fourth-order valence-electron chi connectivity index (χ4n) is 1.80. The van der Waals surface area contributed by atoms with E-state index < -0.39 is 0 Å². The van der Waals surface area contributed by atoms with Crippen LogP contribution in [0.3, 0.4) is 0 Å². The molecule has 2 aromatic rings. The minimum absolute atomic E-state index is 0.296. The van der Waals surface area contributed by atoms with E-state index >= 15 is 0 Å². The van der Waals surface area contributed by atoms with Crippen molar-refractivity contribution in [1.29, 1.82) is 0 Å². The van der Waals surface area contributed by atoms with Crippen LogP contribution in [0.25, 0.3) is 0 Å². The highest BCUT2D eigenvalue weighted by molar-refractivity contribution is 5.41. The number of hydrogen-bond donors (Lipinski definition) is 1. The molecule has 1 aromatic heterocycles. The molecule has 3 nitrogen and oxygen atoms in total. The van der Waals surface area contributed by atoms with Crippen molar-refractivity contribution in [2.75, 3.05) is 5.32 Å². The minimum atomic E-state index is 0.296. The van der Waals surface area contributed by atoms with Gasteiger partial charge in [0.2, 0.25) is 0 Å². The number of nitrogens with zero attached hydrogens (tertiary/aromatic N) is 2. The Morgan fingerprint density at radius 2 is 2.00 bits per heavy atom. The van der Waals surface area contributed by atoms with E-state index in [0.717, 1.165) is 12.2 Å². The van der Waals surface area contributed by atoms with Crippen LogP contribution < -0.4 is 5.32 Å². The first kappa shape index (κ1) is 11.7. The summed E-state index contributed by atoms with van der Waals surface area (Å²) in [6, 6.07) is 8.91. The number of benzene rings is 1. The van der Waals surface area contributed by atoms with E-state index in [4.69, 9.17) is 0 Å². The standard InChI is InChI=1S/C14H19N3/c1-4-17-10-14(9-15-17)16-12(3)13-7-5-11(2)6-8-13/h5-10,12,16H,4H2,1-3H3. The quantitative estimate of drug-likeness (QED) is 0.871. The highest BCUT2D eigenvalue weighted by atomic mass is 15.3. The molecule has 1 atom stereocenters. The molecule has 0 bridgehead atoms. The lowest BCUT2D eigenvalue weighted by Crippen LogP contribution is -2.05. The van der Waals surface area contributed by atoms with Crippen molar-refractivity contribution >= 4 is 5.69 Å². The summed E-state index contributed by atoms with van der Waals surface area (Å²) in [5.41, 5.74) is 3.65. The first-order valence-electron chi connectivity index (χ1n) is 6.04. The number of aromatic nitrogens is 2. The number of hydrogen-bond acceptors (Lipinski definition) is 2. The van der Waals surface area contributed by atoms with Gasteiger partial charge in [0.1, 0.15) is 0 Å². The lowest BCUT2D eigenvalue weighted by atomic mass is 10.1. The van der Waals surface area contributed by atoms with Crippen LogP contribution in [0.4, 0.5) is 5.69 Å². The molecular weight excluding hydrogens is 210 g/mol. The van der Waals surface area contributed by atoms with Gasteiger partial charge in [-0.3, -0.25) is 4.68 Å². The van der Waals surface area contributed by atoms with Crippen LogP contribution in [-0.2, 0) is 6.54 Å². The van der Waals surface area contributed by atoms with E-state index in [1.807, 2.05) is 17.1 Å². The lowest BCUT2D eigenvalue weighted by Gasteiger charge is -2.14. The lowest BCUT2D eigenvalue weighted by molar-refractivity contribution is 0.660. The Hall–Kier alpha value is -1.77. The van der Waals surface area contributed by atoms with Gasteiger partial charge in [-0.15, -0.1) is 0 Å². The third-order valence-corrected chi connectivity index (χ3v) is 2.92. The minimum Gasteiger partial charge on any atom is -0.376 e. The second-order valence-corrected chi connectivity index (χ2v) is 4.36. The largest absolute Gasteiger partial charge is 0.376 e. The second kappa shape index (κ2) is 5.04. The molecular formula is C14H19N3. The van der Waals surface area contributed by atoms with Crippen LogP contribution in [0.15, 0.2) is 36.7 Å². The molecule has 1 aromatic carbocycles. The van der Waals surface area contributed by atoms with E-state index in [1.165, 1.54) is 11.1 Å². The average Bonchev–Trinajstić information content (AvgIpc) is 2.77. The maximum absolute atomic E-state index is 4.25. The Labute approximate surface area is 102 Å². The van der Waals surface area contributed by atoms with Gasteiger partial charge in [-0.05, 0) is 26.3 Å². The highest BCUT2D eigenvalue weighted by Gasteiger charge is 2.05. The third kappa shape index (κ3) is 2.87. The van der Waals surface area contributed by atoms with Gasteiger partial charge in [-0.1, -0.05) is 29.8 Å². The maximum Gasteiger partial charge on any atom is 0.0731 e. The van der Waals surface area contributed by atoms with Gasteiger partial charge in [-0.2, -0.15) is 5.10 Å². The Bertz CT molecular complexity index is 470. The van der Waals surface area contributed by atoms with Gasteiger partial charge >= 0.3 is 0 Å². The Morgan fingerprint density at radius 3 is 2.59 bits per heavy atom. The van der Waals surface area contributed by atoms with Gasteiger partial charge in [0.15, 0.2) is 0 Å². The van der Waals surface area contributed by atoms with Crippen molar-refractivity contribution in [2.45, 2.75) is 33.4 Å².